The van der Waals surface area contributed by atoms with Crippen LogP contribution in [-0.2, 0) is 0 Å². The number of hydrogen-bond donors (Lipinski definition) is 2. The number of nitrogens with one attached hydrogen (secondary N) is 2. The summed E-state index contributed by atoms with van der Waals surface area (Å²) < 4.78 is 10.4. The number of likely N-dealkylation sites (N-methyl/N-ethyl adjacent to an activating group) is 1. The van der Waals surface area contributed by atoms with E-state index in [4.69, 9.17) is 9.47 Å². The second-order valence-corrected chi connectivity index (χ2v) is 6.49. The highest BCUT2D eigenvalue weighted by atomic mass is 16.5. The second-order valence-electron chi connectivity index (χ2n) is 6.49. The molecule has 0 aromatic heterocycles. The summed E-state index contributed by atoms with van der Waals surface area (Å²) >= 11 is 0. The Morgan fingerprint density at radius 3 is 2.07 bits per heavy atom. The lowest BCUT2D eigenvalue weighted by Gasteiger charge is -2.34. The quantitative estimate of drug-likeness (QED) is 0.847. The number of benzene rings is 2. The van der Waals surface area contributed by atoms with Gasteiger partial charge in [-0.25, -0.2) is 4.79 Å². The molecule has 2 amide bonds. The summed E-state index contributed by atoms with van der Waals surface area (Å²) in [5.74, 6) is 1.18. The number of carbonyl (C=O) groups excluding carboxylic acids is 1. The van der Waals surface area contributed by atoms with Crippen molar-refractivity contribution in [1.29, 1.82) is 0 Å². The Bertz CT molecular complexity index is 771. The van der Waals surface area contributed by atoms with Crippen LogP contribution in [0.4, 0.5) is 21.9 Å². The van der Waals surface area contributed by atoms with E-state index in [0.29, 0.717) is 17.2 Å². The van der Waals surface area contributed by atoms with Crippen molar-refractivity contribution in [3.05, 3.63) is 42.5 Å². The van der Waals surface area contributed by atoms with Crippen molar-refractivity contribution in [2.24, 2.45) is 0 Å². The topological polar surface area (TPSA) is 66.1 Å². The first kappa shape index (κ1) is 18.8. The summed E-state index contributed by atoms with van der Waals surface area (Å²) in [6.45, 7) is 4.16. The zero-order valence-electron chi connectivity index (χ0n) is 16.0. The summed E-state index contributed by atoms with van der Waals surface area (Å²) in [5.41, 5.74) is 2.54. The molecule has 1 saturated heterocycles. The van der Waals surface area contributed by atoms with Gasteiger partial charge in [-0.15, -0.1) is 0 Å². The predicted molar refractivity (Wildman–Crippen MR) is 108 cm³/mol. The van der Waals surface area contributed by atoms with E-state index in [9.17, 15) is 4.79 Å². The first-order chi connectivity index (χ1) is 13.1. The highest BCUT2D eigenvalue weighted by Gasteiger charge is 2.14. The molecule has 0 aliphatic carbocycles. The maximum atomic E-state index is 12.2. The molecule has 1 heterocycles. The van der Waals surface area contributed by atoms with Gasteiger partial charge in [0.2, 0.25) is 0 Å². The third kappa shape index (κ3) is 4.83. The molecule has 0 saturated carbocycles. The number of anilines is 3. The zero-order chi connectivity index (χ0) is 19.2. The van der Waals surface area contributed by atoms with E-state index in [2.05, 4.69) is 27.5 Å². The second kappa shape index (κ2) is 8.64. The van der Waals surface area contributed by atoms with Crippen LogP contribution in [0.1, 0.15) is 0 Å². The number of carbonyl (C=O) groups is 1. The lowest BCUT2D eigenvalue weighted by atomic mass is 10.2. The van der Waals surface area contributed by atoms with E-state index in [1.807, 2.05) is 24.3 Å². The van der Waals surface area contributed by atoms with E-state index >= 15 is 0 Å². The fourth-order valence-corrected chi connectivity index (χ4v) is 3.03. The Balaban J connectivity index is 1.58. The Kier molecular flexibility index (Phi) is 6.03. The van der Waals surface area contributed by atoms with Crippen LogP contribution in [0.5, 0.6) is 11.5 Å². The van der Waals surface area contributed by atoms with Gasteiger partial charge in [0.05, 0.1) is 14.2 Å². The first-order valence-corrected chi connectivity index (χ1v) is 8.92. The summed E-state index contributed by atoms with van der Waals surface area (Å²) in [7, 11) is 5.27. The van der Waals surface area contributed by atoms with Crippen molar-refractivity contribution in [1.82, 2.24) is 4.90 Å². The molecule has 0 unspecified atom stereocenters. The normalized spacial score (nSPS) is 14.6. The molecule has 7 heteroatoms. The summed E-state index contributed by atoms with van der Waals surface area (Å²) in [6, 6.07) is 12.8. The minimum atomic E-state index is -0.311. The smallest absolute Gasteiger partial charge is 0.323 e. The predicted octanol–water partition coefficient (Wildman–Crippen LogP) is 3.10. The van der Waals surface area contributed by atoms with Gasteiger partial charge in [0.25, 0.3) is 0 Å². The summed E-state index contributed by atoms with van der Waals surface area (Å²) in [6.07, 6.45) is 0. The number of piperazine rings is 1. The molecule has 0 bridgehead atoms. The minimum absolute atomic E-state index is 0.311. The SMILES string of the molecule is COc1ccc(NC(=O)Nc2ccc(N3CCN(C)CC3)cc2)cc1OC. The number of hydrogen-bond acceptors (Lipinski definition) is 5. The van der Waals surface area contributed by atoms with Gasteiger partial charge in [0, 0.05) is 49.3 Å². The van der Waals surface area contributed by atoms with Crippen LogP contribution in [0.15, 0.2) is 42.5 Å². The molecule has 1 aliphatic rings. The average Bonchev–Trinajstić information content (AvgIpc) is 2.69. The van der Waals surface area contributed by atoms with Crippen LogP contribution in [0, 0.1) is 0 Å². The van der Waals surface area contributed by atoms with Crippen molar-refractivity contribution in [3.63, 3.8) is 0 Å². The first-order valence-electron chi connectivity index (χ1n) is 8.92. The van der Waals surface area contributed by atoms with Crippen LogP contribution in [-0.4, -0.2) is 58.4 Å². The van der Waals surface area contributed by atoms with Crippen LogP contribution < -0.4 is 25.0 Å². The Morgan fingerprint density at radius 1 is 0.852 bits per heavy atom. The Labute approximate surface area is 159 Å². The summed E-state index contributed by atoms with van der Waals surface area (Å²) in [5, 5.41) is 5.64. The molecule has 0 radical (unpaired) electrons. The number of rotatable bonds is 5. The summed E-state index contributed by atoms with van der Waals surface area (Å²) in [4.78, 5) is 16.9. The number of urea groups is 1. The van der Waals surface area contributed by atoms with Gasteiger partial charge in [0.15, 0.2) is 11.5 Å². The van der Waals surface area contributed by atoms with Gasteiger partial charge in [-0.1, -0.05) is 0 Å². The molecule has 2 aromatic carbocycles. The van der Waals surface area contributed by atoms with Crippen LogP contribution in [0.25, 0.3) is 0 Å². The van der Waals surface area contributed by atoms with Crippen molar-refractivity contribution >= 4 is 23.1 Å². The van der Waals surface area contributed by atoms with Gasteiger partial charge >= 0.3 is 6.03 Å². The molecule has 144 valence electrons. The van der Waals surface area contributed by atoms with Gasteiger partial charge in [-0.3, -0.25) is 0 Å². The van der Waals surface area contributed by atoms with Gasteiger partial charge < -0.3 is 29.9 Å². The maximum Gasteiger partial charge on any atom is 0.323 e. The lowest BCUT2D eigenvalue weighted by molar-refractivity contribution is 0.262. The molecule has 1 fully saturated rings. The van der Waals surface area contributed by atoms with Crippen LogP contribution in [0.2, 0.25) is 0 Å². The molecule has 2 N–H and O–H groups in total. The third-order valence-electron chi connectivity index (χ3n) is 4.64. The maximum absolute atomic E-state index is 12.2. The molecule has 1 aliphatic heterocycles. The van der Waals surface area contributed by atoms with E-state index in [1.165, 1.54) is 5.69 Å². The largest absolute Gasteiger partial charge is 0.493 e. The fraction of sp³-hybridized carbons (Fsp3) is 0.350. The number of methoxy groups -OCH3 is 2. The van der Waals surface area contributed by atoms with Crippen molar-refractivity contribution in [3.8, 4) is 11.5 Å². The molecular weight excluding hydrogens is 344 g/mol. The molecule has 0 spiro atoms. The van der Waals surface area contributed by atoms with Gasteiger partial charge in [0.1, 0.15) is 0 Å². The van der Waals surface area contributed by atoms with E-state index in [1.54, 1.807) is 32.4 Å². The van der Waals surface area contributed by atoms with E-state index in [-0.39, 0.29) is 6.03 Å². The number of nitrogens with zero attached hydrogens (tertiary/aromatic N) is 2. The zero-order valence-corrected chi connectivity index (χ0v) is 16.0. The fourth-order valence-electron chi connectivity index (χ4n) is 3.03. The number of ether oxygens (including phenoxy) is 2. The molecule has 3 rings (SSSR count). The highest BCUT2D eigenvalue weighted by molar-refractivity contribution is 6.00. The molecule has 2 aromatic rings. The molecule has 0 atom stereocenters. The van der Waals surface area contributed by atoms with Crippen LogP contribution in [0.3, 0.4) is 0 Å². The Hall–Kier alpha value is -2.93. The van der Waals surface area contributed by atoms with E-state index < -0.39 is 0 Å². The lowest BCUT2D eigenvalue weighted by Crippen LogP contribution is -2.44. The van der Waals surface area contributed by atoms with E-state index in [0.717, 1.165) is 31.9 Å². The molecular formula is C20H26N4O3. The number of amides is 2. The highest BCUT2D eigenvalue weighted by Crippen LogP contribution is 2.29. The van der Waals surface area contributed by atoms with Crippen LogP contribution >= 0.6 is 0 Å². The van der Waals surface area contributed by atoms with Gasteiger partial charge in [-0.2, -0.15) is 0 Å². The average molecular weight is 370 g/mol. The monoisotopic (exact) mass is 370 g/mol. The van der Waals surface area contributed by atoms with Gasteiger partial charge in [-0.05, 0) is 43.4 Å². The third-order valence-corrected chi connectivity index (χ3v) is 4.64. The van der Waals surface area contributed by atoms with Crippen molar-refractivity contribution in [2.75, 3.05) is 63.0 Å². The molecule has 27 heavy (non-hydrogen) atoms. The standard InChI is InChI=1S/C20H26N4O3/c1-23-10-12-24(13-11-23)17-7-4-15(5-8-17)21-20(25)22-16-6-9-18(26-2)19(14-16)27-3/h4-9,14H,10-13H2,1-3H3,(H2,21,22,25). The van der Waals surface area contributed by atoms with Crippen molar-refractivity contribution < 1.29 is 14.3 Å². The minimum Gasteiger partial charge on any atom is -0.493 e. The Morgan fingerprint density at radius 2 is 1.44 bits per heavy atom. The van der Waals surface area contributed by atoms with Crippen molar-refractivity contribution in [2.45, 2.75) is 0 Å². The molecule has 7 nitrogen and oxygen atoms in total.